The molecule has 0 fully saturated rings. The summed E-state index contributed by atoms with van der Waals surface area (Å²) in [6.07, 6.45) is 2.07. The van der Waals surface area contributed by atoms with E-state index in [2.05, 4.69) is 80.9 Å². The molecule has 1 heterocycles. The second-order valence-electron chi connectivity index (χ2n) is 4.99. The number of nitrogens with zero attached hydrogens (tertiary/aromatic N) is 4. The number of nitrogens with one attached hydrogen (secondary N) is 1. The third-order valence-corrected chi connectivity index (χ3v) is 3.80. The minimum absolute atomic E-state index is 0.825. The molecule has 1 aromatic heterocycles. The van der Waals surface area contributed by atoms with E-state index in [9.17, 15) is 0 Å². The molecule has 5 nitrogen and oxygen atoms in total. The van der Waals surface area contributed by atoms with Crippen LogP contribution in [0.25, 0.3) is 0 Å². The van der Waals surface area contributed by atoms with Crippen molar-refractivity contribution < 1.29 is 0 Å². The zero-order chi connectivity index (χ0) is 15.1. The number of halogens is 1. The van der Waals surface area contributed by atoms with Gasteiger partial charge in [-0.2, -0.15) is 0 Å². The Morgan fingerprint density at radius 3 is 2.65 bits per heavy atom. The van der Waals surface area contributed by atoms with E-state index in [0.717, 1.165) is 36.6 Å². The van der Waals surface area contributed by atoms with Crippen molar-refractivity contribution in [3.63, 3.8) is 0 Å². The summed E-state index contributed by atoms with van der Waals surface area (Å²) in [6.45, 7) is 5.96. The number of aromatic nitrogens is 1. The van der Waals surface area contributed by atoms with Crippen molar-refractivity contribution in [1.82, 2.24) is 19.7 Å². The van der Waals surface area contributed by atoms with Crippen LogP contribution in [0.15, 0.2) is 21.7 Å². The van der Waals surface area contributed by atoms with Gasteiger partial charge in [0.25, 0.3) is 0 Å². The molecule has 20 heavy (non-hydrogen) atoms. The fourth-order valence-electron chi connectivity index (χ4n) is 1.94. The number of guanidine groups is 1. The quantitative estimate of drug-likeness (QED) is 0.631. The number of rotatable bonds is 6. The highest BCUT2D eigenvalue weighted by molar-refractivity contribution is 9.10. The number of hydrogen-bond donors (Lipinski definition) is 1. The van der Waals surface area contributed by atoms with Crippen molar-refractivity contribution in [3.05, 3.63) is 22.4 Å². The molecule has 0 atom stereocenters. The summed E-state index contributed by atoms with van der Waals surface area (Å²) in [5.74, 6) is 0.923. The van der Waals surface area contributed by atoms with Crippen molar-refractivity contribution in [1.29, 1.82) is 0 Å². The molecular formula is C14H26BrN5. The van der Waals surface area contributed by atoms with Crippen molar-refractivity contribution in [2.75, 3.05) is 40.8 Å². The molecule has 0 spiro atoms. The van der Waals surface area contributed by atoms with E-state index < -0.39 is 0 Å². The molecule has 0 saturated heterocycles. The number of likely N-dealkylation sites (N-methyl/N-ethyl adjacent to an activating group) is 1. The Labute approximate surface area is 130 Å². The van der Waals surface area contributed by atoms with Crippen LogP contribution in [0.2, 0.25) is 0 Å². The molecule has 0 saturated carbocycles. The van der Waals surface area contributed by atoms with E-state index in [-0.39, 0.29) is 0 Å². The van der Waals surface area contributed by atoms with E-state index in [4.69, 9.17) is 0 Å². The van der Waals surface area contributed by atoms with Crippen LogP contribution in [0.3, 0.4) is 0 Å². The molecule has 0 aliphatic carbocycles. The van der Waals surface area contributed by atoms with Crippen LogP contribution in [0.4, 0.5) is 0 Å². The van der Waals surface area contributed by atoms with Gasteiger partial charge in [0, 0.05) is 50.6 Å². The summed E-state index contributed by atoms with van der Waals surface area (Å²) in [5, 5.41) is 3.39. The van der Waals surface area contributed by atoms with Gasteiger partial charge >= 0.3 is 0 Å². The third kappa shape index (κ3) is 5.17. The van der Waals surface area contributed by atoms with Crippen LogP contribution >= 0.6 is 15.9 Å². The highest BCUT2D eigenvalue weighted by atomic mass is 79.9. The van der Waals surface area contributed by atoms with Gasteiger partial charge < -0.3 is 19.7 Å². The van der Waals surface area contributed by atoms with Crippen molar-refractivity contribution in [2.24, 2.45) is 12.0 Å². The number of hydrogen-bond acceptors (Lipinski definition) is 2. The first-order valence-corrected chi connectivity index (χ1v) is 7.68. The smallest absolute Gasteiger partial charge is 0.193 e. The van der Waals surface area contributed by atoms with Crippen LogP contribution in [0.5, 0.6) is 0 Å². The Balaban J connectivity index is 2.51. The highest BCUT2D eigenvalue weighted by Crippen LogP contribution is 2.14. The van der Waals surface area contributed by atoms with Gasteiger partial charge in [0.05, 0.1) is 6.54 Å². The van der Waals surface area contributed by atoms with E-state index in [1.165, 1.54) is 5.69 Å². The van der Waals surface area contributed by atoms with Gasteiger partial charge in [0.2, 0.25) is 0 Å². The minimum atomic E-state index is 0.825. The molecule has 1 N–H and O–H groups in total. The second kappa shape index (κ2) is 8.32. The van der Waals surface area contributed by atoms with Crippen LogP contribution in [-0.2, 0) is 13.6 Å². The second-order valence-corrected chi connectivity index (χ2v) is 5.90. The molecule has 0 amide bonds. The monoisotopic (exact) mass is 343 g/mol. The lowest BCUT2D eigenvalue weighted by Crippen LogP contribution is -2.41. The van der Waals surface area contributed by atoms with Crippen molar-refractivity contribution >= 4 is 21.9 Å². The fourth-order valence-corrected chi connectivity index (χ4v) is 2.51. The van der Waals surface area contributed by atoms with Crippen molar-refractivity contribution in [3.8, 4) is 0 Å². The lowest BCUT2D eigenvalue weighted by molar-refractivity contribution is 0.353. The van der Waals surface area contributed by atoms with E-state index in [1.54, 1.807) is 0 Å². The molecule has 114 valence electrons. The van der Waals surface area contributed by atoms with Crippen LogP contribution in [-0.4, -0.2) is 61.1 Å². The van der Waals surface area contributed by atoms with E-state index in [0.29, 0.717) is 0 Å². The zero-order valence-electron chi connectivity index (χ0n) is 13.1. The van der Waals surface area contributed by atoms with Crippen LogP contribution in [0, 0.1) is 0 Å². The summed E-state index contributed by atoms with van der Waals surface area (Å²) in [6, 6.07) is 2.13. The Kier molecular flexibility index (Phi) is 7.09. The Morgan fingerprint density at radius 2 is 2.15 bits per heavy atom. The van der Waals surface area contributed by atoms with Gasteiger partial charge in [-0.05, 0) is 35.6 Å². The molecule has 0 aromatic carbocycles. The van der Waals surface area contributed by atoms with Crippen molar-refractivity contribution in [2.45, 2.75) is 13.5 Å². The molecule has 6 heteroatoms. The first-order chi connectivity index (χ1) is 9.47. The first kappa shape index (κ1) is 17.0. The number of aliphatic imine (C=N–C) groups is 1. The maximum absolute atomic E-state index is 4.34. The average molecular weight is 344 g/mol. The summed E-state index contributed by atoms with van der Waals surface area (Å²) in [5.41, 5.74) is 1.24. The fraction of sp³-hybridized carbons (Fsp3) is 0.643. The van der Waals surface area contributed by atoms with Crippen LogP contribution < -0.4 is 5.32 Å². The third-order valence-electron chi connectivity index (χ3n) is 3.36. The topological polar surface area (TPSA) is 35.8 Å². The number of aryl methyl sites for hydroxylation is 1. The molecule has 0 aliphatic heterocycles. The molecule has 0 aliphatic rings. The summed E-state index contributed by atoms with van der Waals surface area (Å²) >= 11 is 3.50. The van der Waals surface area contributed by atoms with Gasteiger partial charge in [-0.25, -0.2) is 0 Å². The summed E-state index contributed by atoms with van der Waals surface area (Å²) < 4.78 is 3.23. The summed E-state index contributed by atoms with van der Waals surface area (Å²) in [7, 11) is 8.05. The Bertz CT molecular complexity index is 441. The molecule has 1 rings (SSSR count). The molecule has 0 bridgehead atoms. The molecular weight excluding hydrogens is 318 g/mol. The largest absolute Gasteiger partial charge is 0.355 e. The highest BCUT2D eigenvalue weighted by Gasteiger charge is 2.09. The maximum atomic E-state index is 4.34. The van der Waals surface area contributed by atoms with E-state index >= 15 is 0 Å². The minimum Gasteiger partial charge on any atom is -0.355 e. The lowest BCUT2D eigenvalue weighted by atomic mass is 10.4. The lowest BCUT2D eigenvalue weighted by Gasteiger charge is -2.23. The van der Waals surface area contributed by atoms with Gasteiger partial charge in [-0.15, -0.1) is 0 Å². The Hall–Kier alpha value is -1.01. The van der Waals surface area contributed by atoms with E-state index in [1.807, 2.05) is 7.05 Å². The zero-order valence-corrected chi connectivity index (χ0v) is 14.7. The van der Waals surface area contributed by atoms with Gasteiger partial charge in [-0.3, -0.25) is 4.99 Å². The average Bonchev–Trinajstić information content (AvgIpc) is 2.72. The summed E-state index contributed by atoms with van der Waals surface area (Å²) in [4.78, 5) is 8.74. The molecule has 1 aromatic rings. The Morgan fingerprint density at radius 1 is 1.45 bits per heavy atom. The predicted molar refractivity (Wildman–Crippen MR) is 89.1 cm³/mol. The van der Waals surface area contributed by atoms with Gasteiger partial charge in [0.1, 0.15) is 0 Å². The normalized spacial score (nSPS) is 12.1. The SMILES string of the molecule is CCN(C)CCNC(=NC)N(C)Cc1cc(Br)cn1C. The van der Waals surface area contributed by atoms with Gasteiger partial charge in [0.15, 0.2) is 5.96 Å². The predicted octanol–water partition coefficient (Wildman–Crippen LogP) is 1.75. The molecule has 0 unspecified atom stereocenters. The van der Waals surface area contributed by atoms with Crippen LogP contribution in [0.1, 0.15) is 12.6 Å². The maximum Gasteiger partial charge on any atom is 0.193 e. The first-order valence-electron chi connectivity index (χ1n) is 6.89. The standard InChI is InChI=1S/C14H26BrN5/c1-6-18(3)8-7-17-14(16-2)20(5)11-13-9-12(15)10-19(13)4/h9-10H,6-8,11H2,1-5H3,(H,16,17). The molecule has 0 radical (unpaired) electrons. The van der Waals surface area contributed by atoms with Gasteiger partial charge in [-0.1, -0.05) is 6.92 Å².